The van der Waals surface area contributed by atoms with Gasteiger partial charge in [-0.15, -0.1) is 0 Å². The number of nitrogens with zero attached hydrogens (tertiary/aromatic N) is 3. The maximum absolute atomic E-state index is 12.6. The number of carbonyl (C=O) groups excluding carboxylic acids is 2. The first kappa shape index (κ1) is 26.0. The lowest BCUT2D eigenvalue weighted by Crippen LogP contribution is -2.46. The second-order valence-corrected chi connectivity index (χ2v) is 10.1. The molecule has 2 amide bonds. The number of piperidine rings is 1. The van der Waals surface area contributed by atoms with Crippen LogP contribution >= 0.6 is 11.6 Å². The Hall–Kier alpha value is -3.62. The van der Waals surface area contributed by atoms with Gasteiger partial charge < -0.3 is 14.8 Å². The first-order valence-corrected chi connectivity index (χ1v) is 13.2. The molecule has 38 heavy (non-hydrogen) atoms. The third kappa shape index (κ3) is 6.26. The van der Waals surface area contributed by atoms with Gasteiger partial charge in [0, 0.05) is 50.0 Å². The minimum atomic E-state index is -0.241. The number of nitrogens with one attached hydrogen (secondary N) is 1. The van der Waals surface area contributed by atoms with Crippen LogP contribution in [0, 0.1) is 0 Å². The van der Waals surface area contributed by atoms with E-state index in [4.69, 9.17) is 21.1 Å². The van der Waals surface area contributed by atoms with Crippen molar-refractivity contribution in [3.8, 4) is 11.6 Å². The molecule has 0 unspecified atom stereocenters. The molecule has 1 atom stereocenters. The monoisotopic (exact) mass is 534 g/mol. The maximum atomic E-state index is 12.6. The van der Waals surface area contributed by atoms with Gasteiger partial charge >= 0.3 is 6.09 Å². The molecule has 3 aromatic rings. The molecule has 0 bridgehead atoms. The second kappa shape index (κ2) is 11.8. The van der Waals surface area contributed by atoms with Crippen LogP contribution in [0.25, 0.3) is 0 Å². The number of cyclic esters (lactones) is 1. The molecular formula is C29H31ClN4O4. The average Bonchev–Trinajstić information content (AvgIpc) is 3.32. The van der Waals surface area contributed by atoms with E-state index in [1.54, 1.807) is 7.05 Å². The number of pyridine rings is 1. The Balaban J connectivity index is 1.12. The van der Waals surface area contributed by atoms with Gasteiger partial charge in [-0.1, -0.05) is 41.9 Å². The molecule has 2 aromatic carbocycles. The number of hydrogen-bond donors (Lipinski definition) is 1. The van der Waals surface area contributed by atoms with Gasteiger partial charge in [-0.3, -0.25) is 14.6 Å². The molecule has 2 aliphatic heterocycles. The molecule has 198 valence electrons. The number of rotatable bonds is 8. The minimum absolute atomic E-state index is 0.0274. The summed E-state index contributed by atoms with van der Waals surface area (Å²) in [4.78, 5) is 32.8. The molecule has 3 heterocycles. The van der Waals surface area contributed by atoms with Crippen molar-refractivity contribution in [3.63, 3.8) is 0 Å². The summed E-state index contributed by atoms with van der Waals surface area (Å²) in [6, 6.07) is 19.0. The number of halogens is 1. The number of likely N-dealkylation sites (N-methyl/N-ethyl adjacent to an activating group) is 1. The second-order valence-electron chi connectivity index (χ2n) is 9.66. The number of benzene rings is 2. The van der Waals surface area contributed by atoms with Crippen molar-refractivity contribution in [1.82, 2.24) is 20.1 Å². The number of hydrogen-bond acceptors (Lipinski definition) is 6. The zero-order chi connectivity index (χ0) is 26.5. The summed E-state index contributed by atoms with van der Waals surface area (Å²) in [7, 11) is 1.63. The summed E-state index contributed by atoms with van der Waals surface area (Å²) in [5, 5.41) is 3.28. The molecule has 0 aliphatic carbocycles. The molecule has 0 radical (unpaired) electrons. The lowest BCUT2D eigenvalue weighted by Gasteiger charge is -2.38. The van der Waals surface area contributed by atoms with Crippen LogP contribution in [0.5, 0.6) is 11.6 Å². The molecule has 9 heteroatoms. The van der Waals surface area contributed by atoms with E-state index in [1.165, 1.54) is 0 Å². The van der Waals surface area contributed by atoms with Gasteiger partial charge in [-0.25, -0.2) is 9.78 Å². The first-order chi connectivity index (χ1) is 18.5. The standard InChI is InChI=1S/C29H31ClN4O4/c1-31-27(35)15-20-5-8-25(9-6-20)38-28-10-7-21(17-32-28)18-33-13-11-24(12-14-33)34-26(19-37-29(34)36)22-3-2-4-23(30)16-22/h2-10,16-17,24,26H,11-15,18-19H2,1H3,(H,31,35)/t26-/m0/s1. The highest BCUT2D eigenvalue weighted by molar-refractivity contribution is 6.30. The molecule has 1 aromatic heterocycles. The molecule has 2 saturated heterocycles. The zero-order valence-corrected chi connectivity index (χ0v) is 22.1. The van der Waals surface area contributed by atoms with Gasteiger partial charge in [0.2, 0.25) is 11.8 Å². The molecule has 5 rings (SSSR count). The zero-order valence-electron chi connectivity index (χ0n) is 21.3. The fourth-order valence-corrected chi connectivity index (χ4v) is 5.25. The van der Waals surface area contributed by atoms with Crippen molar-refractivity contribution >= 4 is 23.6 Å². The highest BCUT2D eigenvalue weighted by Gasteiger charge is 2.40. The van der Waals surface area contributed by atoms with E-state index in [-0.39, 0.29) is 24.1 Å². The van der Waals surface area contributed by atoms with Crippen molar-refractivity contribution in [3.05, 3.63) is 88.6 Å². The highest BCUT2D eigenvalue weighted by Crippen LogP contribution is 2.34. The summed E-state index contributed by atoms with van der Waals surface area (Å²) in [6.07, 6.45) is 3.71. The summed E-state index contributed by atoms with van der Waals surface area (Å²) < 4.78 is 11.3. The van der Waals surface area contributed by atoms with Crippen LogP contribution in [-0.2, 0) is 22.5 Å². The summed E-state index contributed by atoms with van der Waals surface area (Å²) >= 11 is 6.19. The molecule has 8 nitrogen and oxygen atoms in total. The van der Waals surface area contributed by atoms with Gasteiger partial charge in [-0.2, -0.15) is 0 Å². The Bertz CT molecular complexity index is 1260. The summed E-state index contributed by atoms with van der Waals surface area (Å²) in [5.74, 6) is 1.16. The normalized spacial score (nSPS) is 18.3. The highest BCUT2D eigenvalue weighted by atomic mass is 35.5. The summed E-state index contributed by atoms with van der Waals surface area (Å²) in [6.45, 7) is 2.92. The van der Waals surface area contributed by atoms with Crippen molar-refractivity contribution < 1.29 is 19.1 Å². The fourth-order valence-electron chi connectivity index (χ4n) is 5.06. The Labute approximate surface area is 227 Å². The van der Waals surface area contributed by atoms with E-state index in [9.17, 15) is 9.59 Å². The van der Waals surface area contributed by atoms with Gasteiger partial charge in [0.05, 0.1) is 12.5 Å². The van der Waals surface area contributed by atoms with Crippen LogP contribution in [0.3, 0.4) is 0 Å². The largest absolute Gasteiger partial charge is 0.447 e. The van der Waals surface area contributed by atoms with Crippen LogP contribution < -0.4 is 10.1 Å². The summed E-state index contributed by atoms with van der Waals surface area (Å²) in [5.41, 5.74) is 3.04. The number of likely N-dealkylation sites (tertiary alicyclic amines) is 1. The van der Waals surface area contributed by atoms with Crippen LogP contribution in [0.4, 0.5) is 4.79 Å². The number of amides is 2. The predicted octanol–water partition coefficient (Wildman–Crippen LogP) is 4.97. The van der Waals surface area contributed by atoms with E-state index in [0.29, 0.717) is 29.7 Å². The smallest absolute Gasteiger partial charge is 0.410 e. The number of carbonyl (C=O) groups is 2. The fraction of sp³-hybridized carbons (Fsp3) is 0.345. The van der Waals surface area contributed by atoms with E-state index < -0.39 is 0 Å². The lowest BCUT2D eigenvalue weighted by molar-refractivity contribution is -0.119. The third-order valence-electron chi connectivity index (χ3n) is 7.09. The molecular weight excluding hydrogens is 504 g/mol. The molecule has 1 N–H and O–H groups in total. The Morgan fingerprint density at radius 3 is 2.55 bits per heavy atom. The van der Waals surface area contributed by atoms with Gasteiger partial charge in [0.25, 0.3) is 0 Å². The van der Waals surface area contributed by atoms with Gasteiger partial charge in [0.15, 0.2) is 0 Å². The topological polar surface area (TPSA) is 84.0 Å². The quantitative estimate of drug-likeness (QED) is 0.439. The van der Waals surface area contributed by atoms with Gasteiger partial charge in [-0.05, 0) is 53.8 Å². The third-order valence-corrected chi connectivity index (χ3v) is 7.32. The van der Waals surface area contributed by atoms with Crippen molar-refractivity contribution in [2.45, 2.75) is 37.9 Å². The first-order valence-electron chi connectivity index (χ1n) is 12.8. The minimum Gasteiger partial charge on any atom is -0.447 e. The predicted molar refractivity (Wildman–Crippen MR) is 144 cm³/mol. The Kier molecular flexibility index (Phi) is 8.10. The van der Waals surface area contributed by atoms with Crippen LogP contribution in [0.15, 0.2) is 66.9 Å². The average molecular weight is 535 g/mol. The molecule has 0 saturated carbocycles. The number of aromatic nitrogens is 1. The Morgan fingerprint density at radius 1 is 1.11 bits per heavy atom. The van der Waals surface area contributed by atoms with E-state index >= 15 is 0 Å². The van der Waals surface area contributed by atoms with Gasteiger partial charge in [0.1, 0.15) is 12.4 Å². The van der Waals surface area contributed by atoms with E-state index in [2.05, 4.69) is 15.2 Å². The van der Waals surface area contributed by atoms with Crippen molar-refractivity contribution in [2.75, 3.05) is 26.7 Å². The van der Waals surface area contributed by atoms with Crippen LogP contribution in [0.1, 0.15) is 35.6 Å². The van der Waals surface area contributed by atoms with Crippen molar-refractivity contribution in [1.29, 1.82) is 0 Å². The maximum Gasteiger partial charge on any atom is 0.410 e. The van der Waals surface area contributed by atoms with E-state index in [1.807, 2.05) is 71.8 Å². The van der Waals surface area contributed by atoms with E-state index in [0.717, 1.165) is 49.2 Å². The van der Waals surface area contributed by atoms with Crippen LogP contribution in [-0.4, -0.2) is 59.6 Å². The SMILES string of the molecule is CNC(=O)Cc1ccc(Oc2ccc(CN3CCC(N4C(=O)OC[C@H]4c4cccc(Cl)c4)CC3)cn2)cc1. The molecule has 2 aliphatic rings. The molecule has 2 fully saturated rings. The number of ether oxygens (including phenoxy) is 2. The lowest BCUT2D eigenvalue weighted by atomic mass is 9.99. The van der Waals surface area contributed by atoms with Crippen molar-refractivity contribution in [2.24, 2.45) is 0 Å². The molecule has 0 spiro atoms. The van der Waals surface area contributed by atoms with Crippen LogP contribution in [0.2, 0.25) is 5.02 Å². The Morgan fingerprint density at radius 2 is 1.87 bits per heavy atom.